The molecule has 0 heterocycles. The summed E-state index contributed by atoms with van der Waals surface area (Å²) >= 11 is 0. The van der Waals surface area contributed by atoms with Gasteiger partial charge in [0.05, 0.1) is 12.7 Å². The molecule has 0 saturated heterocycles. The highest BCUT2D eigenvalue weighted by molar-refractivity contribution is 5.29. The van der Waals surface area contributed by atoms with E-state index in [4.69, 9.17) is 15.2 Å². The van der Waals surface area contributed by atoms with Gasteiger partial charge < -0.3 is 15.2 Å². The van der Waals surface area contributed by atoms with Crippen LogP contribution in [0.5, 0.6) is 5.75 Å². The molecule has 0 aliphatic rings. The van der Waals surface area contributed by atoms with Gasteiger partial charge >= 0.3 is 0 Å². The molecular weight excluding hydrogens is 214 g/mol. The second-order valence-corrected chi connectivity index (χ2v) is 4.53. The van der Waals surface area contributed by atoms with Gasteiger partial charge in [0.15, 0.2) is 0 Å². The molecule has 0 amide bonds. The fourth-order valence-electron chi connectivity index (χ4n) is 1.83. The van der Waals surface area contributed by atoms with Crippen LogP contribution in [0.4, 0.5) is 0 Å². The first-order valence-electron chi connectivity index (χ1n) is 5.99. The number of hydrogen-bond donors (Lipinski definition) is 1. The lowest BCUT2D eigenvalue weighted by Crippen LogP contribution is -2.48. The number of ether oxygens (including phenoxy) is 2. The van der Waals surface area contributed by atoms with Gasteiger partial charge in [0.1, 0.15) is 5.75 Å². The van der Waals surface area contributed by atoms with E-state index in [-0.39, 0.29) is 11.6 Å². The average Bonchev–Trinajstić information content (AvgIpc) is 2.37. The molecule has 0 bridgehead atoms. The van der Waals surface area contributed by atoms with E-state index < -0.39 is 0 Å². The monoisotopic (exact) mass is 237 g/mol. The van der Waals surface area contributed by atoms with Gasteiger partial charge in [-0.15, -0.1) is 0 Å². The molecule has 0 fully saturated rings. The van der Waals surface area contributed by atoms with E-state index >= 15 is 0 Å². The zero-order valence-electron chi connectivity index (χ0n) is 11.2. The SMILES string of the molecule is CCC(C)(OC)C(N)Cc1cccc(OC)c1. The van der Waals surface area contributed by atoms with Gasteiger partial charge in [-0.3, -0.25) is 0 Å². The Balaban J connectivity index is 2.76. The van der Waals surface area contributed by atoms with Crippen LogP contribution in [-0.4, -0.2) is 25.9 Å². The summed E-state index contributed by atoms with van der Waals surface area (Å²) in [5.41, 5.74) is 7.13. The molecule has 1 aromatic carbocycles. The highest BCUT2D eigenvalue weighted by Crippen LogP contribution is 2.22. The molecule has 2 atom stereocenters. The molecule has 0 saturated carbocycles. The Morgan fingerprint density at radius 3 is 2.59 bits per heavy atom. The highest BCUT2D eigenvalue weighted by Gasteiger charge is 2.29. The summed E-state index contributed by atoms with van der Waals surface area (Å²) in [6.45, 7) is 4.15. The van der Waals surface area contributed by atoms with Crippen LogP contribution in [0, 0.1) is 0 Å². The van der Waals surface area contributed by atoms with Gasteiger partial charge in [0.25, 0.3) is 0 Å². The lowest BCUT2D eigenvalue weighted by Gasteiger charge is -2.33. The zero-order chi connectivity index (χ0) is 12.9. The third-order valence-electron chi connectivity index (χ3n) is 3.54. The molecule has 2 N–H and O–H groups in total. The minimum Gasteiger partial charge on any atom is -0.497 e. The van der Waals surface area contributed by atoms with Gasteiger partial charge in [-0.05, 0) is 37.5 Å². The largest absolute Gasteiger partial charge is 0.497 e. The van der Waals surface area contributed by atoms with Gasteiger partial charge in [0.2, 0.25) is 0 Å². The molecule has 17 heavy (non-hydrogen) atoms. The van der Waals surface area contributed by atoms with E-state index in [1.165, 1.54) is 5.56 Å². The van der Waals surface area contributed by atoms with Crippen molar-refractivity contribution in [3.05, 3.63) is 29.8 Å². The Kier molecular flexibility index (Phi) is 4.97. The second kappa shape index (κ2) is 6.03. The highest BCUT2D eigenvalue weighted by atomic mass is 16.5. The van der Waals surface area contributed by atoms with Gasteiger partial charge in [-0.2, -0.15) is 0 Å². The Bertz CT molecular complexity index is 348. The van der Waals surface area contributed by atoms with E-state index in [0.717, 1.165) is 18.6 Å². The maximum Gasteiger partial charge on any atom is 0.119 e. The van der Waals surface area contributed by atoms with Gasteiger partial charge in [-0.25, -0.2) is 0 Å². The fourth-order valence-corrected chi connectivity index (χ4v) is 1.83. The zero-order valence-corrected chi connectivity index (χ0v) is 11.2. The van der Waals surface area contributed by atoms with E-state index in [1.807, 2.05) is 18.2 Å². The van der Waals surface area contributed by atoms with Crippen LogP contribution in [0.1, 0.15) is 25.8 Å². The molecule has 2 unspecified atom stereocenters. The first kappa shape index (κ1) is 14.0. The van der Waals surface area contributed by atoms with Crippen LogP contribution < -0.4 is 10.5 Å². The Morgan fingerprint density at radius 2 is 2.06 bits per heavy atom. The normalized spacial score (nSPS) is 16.3. The summed E-state index contributed by atoms with van der Waals surface area (Å²) < 4.78 is 10.7. The van der Waals surface area contributed by atoms with E-state index in [0.29, 0.717) is 0 Å². The van der Waals surface area contributed by atoms with Crippen molar-refractivity contribution in [2.75, 3.05) is 14.2 Å². The summed E-state index contributed by atoms with van der Waals surface area (Å²) in [6, 6.07) is 7.98. The predicted molar refractivity (Wildman–Crippen MR) is 70.4 cm³/mol. The molecule has 0 radical (unpaired) electrons. The topological polar surface area (TPSA) is 44.5 Å². The van der Waals surface area contributed by atoms with Crippen molar-refractivity contribution in [2.24, 2.45) is 5.73 Å². The average molecular weight is 237 g/mol. The molecule has 0 spiro atoms. The Morgan fingerprint density at radius 1 is 1.35 bits per heavy atom. The smallest absolute Gasteiger partial charge is 0.119 e. The van der Waals surface area contributed by atoms with E-state index in [9.17, 15) is 0 Å². The quantitative estimate of drug-likeness (QED) is 0.826. The maximum atomic E-state index is 6.23. The van der Waals surface area contributed by atoms with Gasteiger partial charge in [-0.1, -0.05) is 19.1 Å². The second-order valence-electron chi connectivity index (χ2n) is 4.53. The maximum absolute atomic E-state index is 6.23. The van der Waals surface area contributed by atoms with Crippen LogP contribution in [-0.2, 0) is 11.2 Å². The lowest BCUT2D eigenvalue weighted by atomic mass is 9.89. The van der Waals surface area contributed by atoms with Crippen molar-refractivity contribution in [3.8, 4) is 5.75 Å². The minimum absolute atomic E-state index is 0.0235. The van der Waals surface area contributed by atoms with E-state index in [2.05, 4.69) is 19.9 Å². The first-order valence-corrected chi connectivity index (χ1v) is 5.99. The molecule has 3 nitrogen and oxygen atoms in total. The number of hydrogen-bond acceptors (Lipinski definition) is 3. The molecule has 3 heteroatoms. The summed E-state index contributed by atoms with van der Waals surface area (Å²) in [5, 5.41) is 0. The van der Waals surface area contributed by atoms with Crippen molar-refractivity contribution >= 4 is 0 Å². The van der Waals surface area contributed by atoms with Crippen LogP contribution in [0.3, 0.4) is 0 Å². The Hall–Kier alpha value is -1.06. The number of methoxy groups -OCH3 is 2. The minimum atomic E-state index is -0.275. The fraction of sp³-hybridized carbons (Fsp3) is 0.571. The summed E-state index contributed by atoms with van der Waals surface area (Å²) in [5.74, 6) is 0.866. The van der Waals surface area contributed by atoms with Crippen molar-refractivity contribution in [2.45, 2.75) is 38.3 Å². The standard InChI is InChI=1S/C14H23NO2/c1-5-14(2,17-4)13(15)10-11-7-6-8-12(9-11)16-3/h6-9,13H,5,10,15H2,1-4H3. The molecule has 1 aromatic rings. The van der Waals surface area contributed by atoms with Crippen molar-refractivity contribution in [1.82, 2.24) is 0 Å². The molecule has 0 aliphatic carbocycles. The van der Waals surface area contributed by atoms with Crippen molar-refractivity contribution in [3.63, 3.8) is 0 Å². The molecule has 0 aromatic heterocycles. The number of nitrogens with two attached hydrogens (primary N) is 1. The molecular formula is C14H23NO2. The molecule has 1 rings (SSSR count). The summed E-state index contributed by atoms with van der Waals surface area (Å²) in [4.78, 5) is 0. The summed E-state index contributed by atoms with van der Waals surface area (Å²) in [7, 11) is 3.39. The van der Waals surface area contributed by atoms with Crippen LogP contribution in [0.15, 0.2) is 24.3 Å². The number of benzene rings is 1. The van der Waals surface area contributed by atoms with Crippen LogP contribution >= 0.6 is 0 Å². The van der Waals surface area contributed by atoms with E-state index in [1.54, 1.807) is 14.2 Å². The Labute approximate surface area is 104 Å². The van der Waals surface area contributed by atoms with Crippen LogP contribution in [0.2, 0.25) is 0 Å². The number of rotatable bonds is 6. The van der Waals surface area contributed by atoms with Gasteiger partial charge in [0, 0.05) is 13.2 Å². The molecule has 0 aliphatic heterocycles. The van der Waals surface area contributed by atoms with Crippen LogP contribution in [0.25, 0.3) is 0 Å². The third-order valence-corrected chi connectivity index (χ3v) is 3.54. The van der Waals surface area contributed by atoms with Crippen molar-refractivity contribution in [1.29, 1.82) is 0 Å². The summed E-state index contributed by atoms with van der Waals surface area (Å²) in [6.07, 6.45) is 1.68. The molecule has 96 valence electrons. The van der Waals surface area contributed by atoms with Crippen molar-refractivity contribution < 1.29 is 9.47 Å². The third kappa shape index (κ3) is 3.45. The lowest BCUT2D eigenvalue weighted by molar-refractivity contribution is -0.0184. The first-order chi connectivity index (χ1) is 8.05. The predicted octanol–water partition coefficient (Wildman–Crippen LogP) is 2.38.